The molecule has 1 N–H and O–H groups in total. The SMILES string of the molecule is Cc1csc(C(C)NCC(Cl)=CCl)n1. The Hall–Kier alpha value is -0.0900. The molecule has 0 fully saturated rings. The molecule has 0 amide bonds. The normalized spacial score (nSPS) is 14.4. The molecule has 0 saturated carbocycles. The molecular weight excluding hydrogens is 239 g/mol. The minimum atomic E-state index is 0.207. The van der Waals surface area contributed by atoms with E-state index < -0.39 is 0 Å². The molecule has 5 heteroatoms. The van der Waals surface area contributed by atoms with Crippen molar-refractivity contribution in [3.8, 4) is 0 Å². The van der Waals surface area contributed by atoms with Crippen LogP contribution in [0.25, 0.3) is 0 Å². The van der Waals surface area contributed by atoms with Crippen LogP contribution in [0.15, 0.2) is 15.9 Å². The molecule has 0 aliphatic carbocycles. The first kappa shape index (κ1) is 12.0. The second-order valence-electron chi connectivity index (χ2n) is 2.99. The Morgan fingerprint density at radius 3 is 3.00 bits per heavy atom. The van der Waals surface area contributed by atoms with E-state index in [0.29, 0.717) is 11.6 Å². The van der Waals surface area contributed by atoms with Crippen molar-refractivity contribution >= 4 is 34.5 Å². The molecule has 0 aliphatic heterocycles. The Morgan fingerprint density at radius 1 is 1.79 bits per heavy atom. The molecule has 2 nitrogen and oxygen atoms in total. The Balaban J connectivity index is 2.47. The summed E-state index contributed by atoms with van der Waals surface area (Å²) in [6.45, 7) is 4.61. The number of aryl methyl sites for hydroxylation is 1. The lowest BCUT2D eigenvalue weighted by atomic mass is 10.3. The lowest BCUT2D eigenvalue weighted by molar-refractivity contribution is 0.609. The fourth-order valence-electron chi connectivity index (χ4n) is 0.948. The number of nitrogens with zero attached hydrogens (tertiary/aromatic N) is 1. The monoisotopic (exact) mass is 250 g/mol. The zero-order valence-electron chi connectivity index (χ0n) is 8.05. The van der Waals surface area contributed by atoms with Crippen molar-refractivity contribution in [2.24, 2.45) is 0 Å². The van der Waals surface area contributed by atoms with E-state index in [1.165, 1.54) is 5.54 Å². The predicted molar refractivity (Wildman–Crippen MR) is 63.1 cm³/mol. The van der Waals surface area contributed by atoms with Crippen LogP contribution in [0, 0.1) is 6.92 Å². The van der Waals surface area contributed by atoms with Gasteiger partial charge in [-0.15, -0.1) is 11.3 Å². The van der Waals surface area contributed by atoms with Gasteiger partial charge in [0, 0.05) is 28.2 Å². The fraction of sp³-hybridized carbons (Fsp3) is 0.444. The van der Waals surface area contributed by atoms with E-state index in [1.54, 1.807) is 11.3 Å². The van der Waals surface area contributed by atoms with Gasteiger partial charge in [0.05, 0.1) is 6.04 Å². The van der Waals surface area contributed by atoms with Gasteiger partial charge >= 0.3 is 0 Å². The van der Waals surface area contributed by atoms with Crippen LogP contribution in [-0.4, -0.2) is 11.5 Å². The van der Waals surface area contributed by atoms with Crippen LogP contribution in [-0.2, 0) is 0 Å². The highest BCUT2D eigenvalue weighted by Crippen LogP contribution is 2.17. The molecule has 0 spiro atoms. The van der Waals surface area contributed by atoms with Gasteiger partial charge in [-0.25, -0.2) is 4.98 Å². The number of hydrogen-bond acceptors (Lipinski definition) is 3. The van der Waals surface area contributed by atoms with Crippen molar-refractivity contribution in [2.75, 3.05) is 6.54 Å². The summed E-state index contributed by atoms with van der Waals surface area (Å²) in [5, 5.41) is 6.93. The molecular formula is C9H12Cl2N2S. The molecule has 1 aromatic rings. The third-order valence-corrected chi connectivity index (χ3v) is 3.47. The second-order valence-corrected chi connectivity index (χ2v) is 4.58. The van der Waals surface area contributed by atoms with E-state index in [4.69, 9.17) is 23.2 Å². The zero-order valence-corrected chi connectivity index (χ0v) is 10.4. The topological polar surface area (TPSA) is 24.9 Å². The van der Waals surface area contributed by atoms with Crippen molar-refractivity contribution in [2.45, 2.75) is 19.9 Å². The van der Waals surface area contributed by atoms with Gasteiger partial charge in [-0.1, -0.05) is 23.2 Å². The average molecular weight is 251 g/mol. The third kappa shape index (κ3) is 3.58. The van der Waals surface area contributed by atoms with Crippen molar-refractivity contribution in [1.29, 1.82) is 0 Å². The van der Waals surface area contributed by atoms with Crippen LogP contribution in [0.4, 0.5) is 0 Å². The summed E-state index contributed by atoms with van der Waals surface area (Å²) in [4.78, 5) is 4.37. The van der Waals surface area contributed by atoms with Crippen LogP contribution >= 0.6 is 34.5 Å². The van der Waals surface area contributed by atoms with Gasteiger partial charge in [-0.05, 0) is 13.8 Å². The average Bonchev–Trinajstić information content (AvgIpc) is 2.60. The van der Waals surface area contributed by atoms with E-state index in [9.17, 15) is 0 Å². The van der Waals surface area contributed by atoms with Gasteiger partial charge in [0.15, 0.2) is 0 Å². The zero-order chi connectivity index (χ0) is 10.6. The molecule has 1 heterocycles. The fourth-order valence-corrected chi connectivity index (χ4v) is 1.93. The van der Waals surface area contributed by atoms with Crippen molar-refractivity contribution in [3.05, 3.63) is 26.6 Å². The Kier molecular flexibility index (Phi) is 4.89. The van der Waals surface area contributed by atoms with Crippen molar-refractivity contribution < 1.29 is 0 Å². The van der Waals surface area contributed by atoms with E-state index in [-0.39, 0.29) is 6.04 Å². The van der Waals surface area contributed by atoms with E-state index >= 15 is 0 Å². The van der Waals surface area contributed by atoms with Crippen LogP contribution in [0.1, 0.15) is 23.7 Å². The maximum absolute atomic E-state index is 5.75. The highest BCUT2D eigenvalue weighted by Gasteiger charge is 2.08. The molecule has 0 radical (unpaired) electrons. The Bertz CT molecular complexity index is 322. The van der Waals surface area contributed by atoms with Crippen LogP contribution < -0.4 is 5.32 Å². The maximum Gasteiger partial charge on any atom is 0.110 e. The number of thiazole rings is 1. The number of aromatic nitrogens is 1. The number of hydrogen-bond donors (Lipinski definition) is 1. The van der Waals surface area contributed by atoms with E-state index in [1.807, 2.05) is 12.3 Å². The Morgan fingerprint density at radius 2 is 2.50 bits per heavy atom. The molecule has 1 rings (SSSR count). The first-order valence-corrected chi connectivity index (χ1v) is 5.93. The minimum absolute atomic E-state index is 0.207. The first-order chi connectivity index (χ1) is 6.63. The van der Waals surface area contributed by atoms with Gasteiger partial charge in [0.25, 0.3) is 0 Å². The molecule has 0 aromatic carbocycles. The Labute approximate surface area is 97.9 Å². The smallest absolute Gasteiger partial charge is 0.110 e. The van der Waals surface area contributed by atoms with Crippen molar-refractivity contribution in [3.63, 3.8) is 0 Å². The minimum Gasteiger partial charge on any atom is -0.303 e. The quantitative estimate of drug-likeness (QED) is 0.886. The predicted octanol–water partition coefficient (Wildman–Crippen LogP) is 3.42. The van der Waals surface area contributed by atoms with Crippen LogP contribution in [0.3, 0.4) is 0 Å². The van der Waals surface area contributed by atoms with Crippen molar-refractivity contribution in [1.82, 2.24) is 10.3 Å². The highest BCUT2D eigenvalue weighted by atomic mass is 35.5. The largest absolute Gasteiger partial charge is 0.303 e. The molecule has 1 unspecified atom stereocenters. The molecule has 1 aromatic heterocycles. The summed E-state index contributed by atoms with van der Waals surface area (Å²) in [6.07, 6.45) is 0. The first-order valence-electron chi connectivity index (χ1n) is 4.23. The van der Waals surface area contributed by atoms with Crippen LogP contribution in [0.5, 0.6) is 0 Å². The highest BCUT2D eigenvalue weighted by molar-refractivity contribution is 7.09. The second kappa shape index (κ2) is 5.71. The van der Waals surface area contributed by atoms with Gasteiger partial charge in [-0.3, -0.25) is 0 Å². The number of rotatable bonds is 4. The number of halogens is 2. The summed E-state index contributed by atoms with van der Waals surface area (Å²) in [5.74, 6) is 0. The maximum atomic E-state index is 5.75. The van der Waals surface area contributed by atoms with Gasteiger partial charge < -0.3 is 5.32 Å². The summed E-state index contributed by atoms with van der Waals surface area (Å²) in [7, 11) is 0. The summed E-state index contributed by atoms with van der Waals surface area (Å²) in [6, 6.07) is 0.207. The summed E-state index contributed by atoms with van der Waals surface area (Å²) in [5.41, 5.74) is 2.42. The molecule has 1 atom stereocenters. The molecule has 14 heavy (non-hydrogen) atoms. The van der Waals surface area contributed by atoms with Gasteiger partial charge in [0.1, 0.15) is 5.01 Å². The third-order valence-electron chi connectivity index (χ3n) is 1.70. The number of nitrogens with one attached hydrogen (secondary N) is 1. The van der Waals surface area contributed by atoms with E-state index in [2.05, 4.69) is 17.2 Å². The summed E-state index contributed by atoms with van der Waals surface area (Å²) < 4.78 is 0. The van der Waals surface area contributed by atoms with Crippen LogP contribution in [0.2, 0.25) is 0 Å². The summed E-state index contributed by atoms with van der Waals surface area (Å²) >= 11 is 12.8. The lowest BCUT2D eigenvalue weighted by Gasteiger charge is -2.09. The standard InChI is InChI=1S/C9H12Cl2N2S/c1-6-5-14-9(13-6)7(2)12-4-8(11)3-10/h3,5,7,12H,4H2,1-2H3. The van der Waals surface area contributed by atoms with E-state index in [0.717, 1.165) is 10.7 Å². The van der Waals surface area contributed by atoms with Gasteiger partial charge in [-0.2, -0.15) is 0 Å². The van der Waals surface area contributed by atoms with Gasteiger partial charge in [0.2, 0.25) is 0 Å². The molecule has 0 aliphatic rings. The molecule has 78 valence electrons. The molecule has 0 saturated heterocycles. The lowest BCUT2D eigenvalue weighted by Crippen LogP contribution is -2.19. The molecule has 0 bridgehead atoms.